The van der Waals surface area contributed by atoms with Crippen LogP contribution in [0.4, 0.5) is 8.78 Å². The van der Waals surface area contributed by atoms with E-state index in [1.807, 2.05) is 13.8 Å². The van der Waals surface area contributed by atoms with Crippen LogP contribution in [0.5, 0.6) is 0 Å². The lowest BCUT2D eigenvalue weighted by Gasteiger charge is -2.30. The van der Waals surface area contributed by atoms with Gasteiger partial charge in [-0.25, -0.2) is 0 Å². The summed E-state index contributed by atoms with van der Waals surface area (Å²) in [5, 5.41) is 9.17. The van der Waals surface area contributed by atoms with E-state index in [1.54, 1.807) is 23.1 Å². The zero-order valence-electron chi connectivity index (χ0n) is 12.3. The highest BCUT2D eigenvalue weighted by Gasteiger charge is 2.24. The normalized spacial score (nSPS) is 11.2. The second kappa shape index (κ2) is 9.00. The Morgan fingerprint density at radius 2 is 1.90 bits per heavy atom. The third-order valence-corrected chi connectivity index (χ3v) is 4.11. The van der Waals surface area contributed by atoms with E-state index in [0.717, 1.165) is 12.8 Å². The summed E-state index contributed by atoms with van der Waals surface area (Å²) in [6.07, 6.45) is 1.51. The molecule has 0 radical (unpaired) electrons. The lowest BCUT2D eigenvalue weighted by atomic mass is 10.1. The van der Waals surface area contributed by atoms with E-state index in [0.29, 0.717) is 11.8 Å². The molecule has 0 aliphatic carbocycles. The average Bonchev–Trinajstić information content (AvgIpc) is 2.47. The molecule has 0 atom stereocenters. The molecule has 0 heterocycles. The summed E-state index contributed by atoms with van der Waals surface area (Å²) >= 11 is 0.372. The summed E-state index contributed by atoms with van der Waals surface area (Å²) in [6.45, 7) is 3.99. The van der Waals surface area contributed by atoms with Crippen LogP contribution in [0, 0.1) is 0 Å². The predicted molar refractivity (Wildman–Crippen MR) is 80.8 cm³/mol. The maximum Gasteiger partial charge on any atom is 0.288 e. The van der Waals surface area contributed by atoms with E-state index < -0.39 is 5.76 Å². The van der Waals surface area contributed by atoms with Crippen LogP contribution >= 0.6 is 11.8 Å². The van der Waals surface area contributed by atoms with Gasteiger partial charge < -0.3 is 10.0 Å². The van der Waals surface area contributed by atoms with Gasteiger partial charge in [-0.3, -0.25) is 4.79 Å². The van der Waals surface area contributed by atoms with E-state index >= 15 is 0 Å². The van der Waals surface area contributed by atoms with Crippen LogP contribution in [0.2, 0.25) is 0 Å². The Labute approximate surface area is 128 Å². The van der Waals surface area contributed by atoms with Crippen molar-refractivity contribution in [1.29, 1.82) is 0 Å². The molecule has 0 spiro atoms. The third kappa shape index (κ3) is 4.97. The molecule has 1 aromatic rings. The van der Waals surface area contributed by atoms with Crippen LogP contribution < -0.4 is 0 Å². The molecule has 0 saturated carbocycles. The Bertz CT molecular complexity index is 453. The van der Waals surface area contributed by atoms with Gasteiger partial charge in [0.15, 0.2) is 0 Å². The first kappa shape index (κ1) is 17.9. The fourth-order valence-electron chi connectivity index (χ4n) is 2.28. The van der Waals surface area contributed by atoms with Crippen molar-refractivity contribution in [3.05, 3.63) is 29.8 Å². The first-order chi connectivity index (χ1) is 10.0. The van der Waals surface area contributed by atoms with Gasteiger partial charge in [-0.05, 0) is 25.0 Å². The van der Waals surface area contributed by atoms with E-state index in [-0.39, 0.29) is 35.6 Å². The zero-order valence-corrected chi connectivity index (χ0v) is 13.1. The molecular formula is C15H21F2NO2S. The van der Waals surface area contributed by atoms with Crippen molar-refractivity contribution >= 4 is 17.7 Å². The number of carbonyl (C=O) groups excluding carboxylic acids is 1. The van der Waals surface area contributed by atoms with Gasteiger partial charge in [-0.15, -0.1) is 0 Å². The minimum Gasteiger partial charge on any atom is -0.395 e. The molecular weight excluding hydrogens is 296 g/mol. The number of halogens is 2. The number of carbonyl (C=O) groups is 1. The van der Waals surface area contributed by atoms with Crippen molar-refractivity contribution in [3.63, 3.8) is 0 Å². The number of hydrogen-bond donors (Lipinski definition) is 1. The lowest BCUT2D eigenvalue weighted by molar-refractivity contribution is 0.0619. The second-order valence-electron chi connectivity index (χ2n) is 4.57. The molecule has 0 bridgehead atoms. The van der Waals surface area contributed by atoms with Gasteiger partial charge >= 0.3 is 0 Å². The van der Waals surface area contributed by atoms with Crippen LogP contribution in [-0.4, -0.2) is 40.9 Å². The summed E-state index contributed by atoms with van der Waals surface area (Å²) in [4.78, 5) is 14.5. The molecule has 0 aliphatic heterocycles. The van der Waals surface area contributed by atoms with Gasteiger partial charge in [-0.2, -0.15) is 8.78 Å². The highest BCUT2D eigenvalue weighted by molar-refractivity contribution is 7.99. The summed E-state index contributed by atoms with van der Waals surface area (Å²) in [7, 11) is 0. The Morgan fingerprint density at radius 1 is 1.29 bits per heavy atom. The van der Waals surface area contributed by atoms with E-state index in [2.05, 4.69) is 0 Å². The molecule has 1 rings (SSSR count). The van der Waals surface area contributed by atoms with Crippen LogP contribution in [0.25, 0.3) is 0 Å². The molecule has 6 heteroatoms. The Balaban J connectivity index is 3.08. The van der Waals surface area contributed by atoms with Gasteiger partial charge in [0.05, 0.1) is 12.2 Å². The number of alkyl halides is 2. The average molecular weight is 317 g/mol. The molecule has 1 N–H and O–H groups in total. The minimum absolute atomic E-state index is 0.00532. The maximum atomic E-state index is 12.7. The molecule has 0 aliphatic rings. The number of aliphatic hydroxyl groups excluding tert-OH is 1. The summed E-state index contributed by atoms with van der Waals surface area (Å²) in [6, 6.07) is 6.37. The maximum absolute atomic E-state index is 12.7. The summed E-state index contributed by atoms with van der Waals surface area (Å²) in [5.41, 5.74) is 0.267. The molecule has 0 aromatic heterocycles. The SMILES string of the molecule is CCC(CC)N(CCO)C(=O)c1ccccc1SC(F)F. The van der Waals surface area contributed by atoms with Gasteiger partial charge in [-0.1, -0.05) is 37.7 Å². The molecule has 118 valence electrons. The summed E-state index contributed by atoms with van der Waals surface area (Å²) in [5.74, 6) is -2.88. The molecule has 0 saturated heterocycles. The molecule has 3 nitrogen and oxygen atoms in total. The largest absolute Gasteiger partial charge is 0.395 e. The zero-order chi connectivity index (χ0) is 15.8. The lowest BCUT2D eigenvalue weighted by Crippen LogP contribution is -2.41. The first-order valence-corrected chi connectivity index (χ1v) is 7.88. The number of benzene rings is 1. The minimum atomic E-state index is -2.57. The van der Waals surface area contributed by atoms with E-state index in [4.69, 9.17) is 5.11 Å². The predicted octanol–water partition coefficient (Wildman–Crippen LogP) is 3.62. The number of thioether (sulfide) groups is 1. The number of nitrogens with zero attached hydrogens (tertiary/aromatic N) is 1. The van der Waals surface area contributed by atoms with E-state index in [9.17, 15) is 13.6 Å². The van der Waals surface area contributed by atoms with Gasteiger partial charge in [0, 0.05) is 17.5 Å². The fourth-order valence-corrected chi connectivity index (χ4v) is 2.92. The second-order valence-corrected chi connectivity index (χ2v) is 5.60. The van der Waals surface area contributed by atoms with Crippen molar-refractivity contribution < 1.29 is 18.7 Å². The van der Waals surface area contributed by atoms with Crippen molar-refractivity contribution in [1.82, 2.24) is 4.90 Å². The van der Waals surface area contributed by atoms with Crippen LogP contribution in [-0.2, 0) is 0 Å². The molecule has 1 aromatic carbocycles. The smallest absolute Gasteiger partial charge is 0.288 e. The monoisotopic (exact) mass is 317 g/mol. The Kier molecular flexibility index (Phi) is 7.67. The van der Waals surface area contributed by atoms with Crippen molar-refractivity contribution in [3.8, 4) is 0 Å². The van der Waals surface area contributed by atoms with Gasteiger partial charge in [0.2, 0.25) is 0 Å². The van der Waals surface area contributed by atoms with Gasteiger partial charge in [0.1, 0.15) is 0 Å². The first-order valence-electron chi connectivity index (χ1n) is 7.00. The topological polar surface area (TPSA) is 40.5 Å². The van der Waals surface area contributed by atoms with Gasteiger partial charge in [0.25, 0.3) is 11.7 Å². The molecule has 0 fully saturated rings. The molecule has 0 unspecified atom stereocenters. The number of aliphatic hydroxyl groups is 1. The van der Waals surface area contributed by atoms with Crippen LogP contribution in [0.3, 0.4) is 0 Å². The molecule has 21 heavy (non-hydrogen) atoms. The highest BCUT2D eigenvalue weighted by Crippen LogP contribution is 2.29. The van der Waals surface area contributed by atoms with Crippen LogP contribution in [0.1, 0.15) is 37.0 Å². The van der Waals surface area contributed by atoms with Crippen LogP contribution in [0.15, 0.2) is 29.2 Å². The number of rotatable bonds is 8. The quantitative estimate of drug-likeness (QED) is 0.744. The van der Waals surface area contributed by atoms with Crippen molar-refractivity contribution in [2.75, 3.05) is 13.2 Å². The molecule has 1 amide bonds. The fraction of sp³-hybridized carbons (Fsp3) is 0.533. The highest BCUT2D eigenvalue weighted by atomic mass is 32.2. The number of hydrogen-bond acceptors (Lipinski definition) is 3. The Hall–Kier alpha value is -1.14. The van der Waals surface area contributed by atoms with E-state index in [1.165, 1.54) is 6.07 Å². The number of amides is 1. The standard InChI is InChI=1S/C15H21F2NO2S/c1-3-11(4-2)18(9-10-19)14(20)12-7-5-6-8-13(12)21-15(16)17/h5-8,11,15,19H,3-4,9-10H2,1-2H3. The van der Waals surface area contributed by atoms with Crippen molar-refractivity contribution in [2.24, 2.45) is 0 Å². The summed E-state index contributed by atoms with van der Waals surface area (Å²) < 4.78 is 25.2. The Morgan fingerprint density at radius 3 is 2.43 bits per heavy atom. The third-order valence-electron chi connectivity index (χ3n) is 3.32. The van der Waals surface area contributed by atoms with Crippen molar-refractivity contribution in [2.45, 2.75) is 43.4 Å².